The molecule has 29 heavy (non-hydrogen) atoms. The number of ether oxygens (including phenoxy) is 1. The van der Waals surface area contributed by atoms with Gasteiger partial charge in [-0.25, -0.2) is 4.68 Å². The molecule has 7 heteroatoms. The first-order valence-corrected chi connectivity index (χ1v) is 9.93. The summed E-state index contributed by atoms with van der Waals surface area (Å²) < 4.78 is 9.02. The predicted molar refractivity (Wildman–Crippen MR) is 110 cm³/mol. The summed E-state index contributed by atoms with van der Waals surface area (Å²) in [4.78, 5) is 12.6. The van der Waals surface area contributed by atoms with E-state index in [4.69, 9.17) is 4.74 Å². The molecule has 2 aromatic heterocycles. The van der Waals surface area contributed by atoms with Gasteiger partial charge in [0.25, 0.3) is 0 Å². The lowest BCUT2D eigenvalue weighted by Gasteiger charge is -2.36. The normalized spacial score (nSPS) is 17.6. The van der Waals surface area contributed by atoms with Crippen molar-refractivity contribution in [2.75, 3.05) is 7.11 Å². The molecule has 1 amide bonds. The zero-order valence-corrected chi connectivity index (χ0v) is 17.1. The highest BCUT2D eigenvalue weighted by Crippen LogP contribution is 2.41. The molecule has 1 aromatic carbocycles. The van der Waals surface area contributed by atoms with E-state index in [1.54, 1.807) is 18.0 Å². The number of amides is 1. The molecule has 7 nitrogen and oxygen atoms in total. The number of nitrogens with zero attached hydrogens (tertiary/aromatic N) is 4. The van der Waals surface area contributed by atoms with Crippen LogP contribution in [0.2, 0.25) is 0 Å². The number of hydrogen-bond donors (Lipinski definition) is 1. The molecule has 0 saturated carbocycles. The van der Waals surface area contributed by atoms with Gasteiger partial charge in [0.15, 0.2) is 0 Å². The lowest BCUT2D eigenvalue weighted by molar-refractivity contribution is -0.122. The molecule has 1 aliphatic carbocycles. The fourth-order valence-corrected chi connectivity index (χ4v) is 4.03. The highest BCUT2D eigenvalue weighted by atomic mass is 16.5. The van der Waals surface area contributed by atoms with Gasteiger partial charge in [0.05, 0.1) is 30.7 Å². The van der Waals surface area contributed by atoms with Crippen LogP contribution < -0.4 is 10.1 Å². The monoisotopic (exact) mass is 393 g/mol. The maximum Gasteiger partial charge on any atom is 0.222 e. The summed E-state index contributed by atoms with van der Waals surface area (Å²) in [5.41, 5.74) is 3.32. The van der Waals surface area contributed by atoms with Crippen molar-refractivity contribution < 1.29 is 9.53 Å². The summed E-state index contributed by atoms with van der Waals surface area (Å²) in [5, 5.41) is 12.0. The zero-order chi connectivity index (χ0) is 20.4. The van der Waals surface area contributed by atoms with Crippen molar-refractivity contribution in [2.45, 2.75) is 45.7 Å². The van der Waals surface area contributed by atoms with Gasteiger partial charge in [-0.05, 0) is 48.6 Å². The molecule has 1 aliphatic rings. The van der Waals surface area contributed by atoms with Crippen molar-refractivity contribution in [1.29, 1.82) is 0 Å². The summed E-state index contributed by atoms with van der Waals surface area (Å²) in [6.45, 7) is 5.06. The minimum absolute atomic E-state index is 0.0337. The lowest BCUT2D eigenvalue weighted by atomic mass is 9.74. The second-order valence-electron chi connectivity index (χ2n) is 8.34. The SMILES string of the molecule is COc1ccc(-n2ncc3c2CC(C)(C)CC3NC(=O)CCn2cccn2)cc1. The second kappa shape index (κ2) is 7.73. The van der Waals surface area contributed by atoms with Crippen molar-refractivity contribution in [2.24, 2.45) is 5.41 Å². The average Bonchev–Trinajstić information content (AvgIpc) is 3.35. The molecule has 0 aliphatic heterocycles. The number of benzene rings is 1. The Morgan fingerprint density at radius 3 is 2.76 bits per heavy atom. The molecule has 2 heterocycles. The van der Waals surface area contributed by atoms with Gasteiger partial charge in [0, 0.05) is 30.9 Å². The summed E-state index contributed by atoms with van der Waals surface area (Å²) in [7, 11) is 1.66. The van der Waals surface area contributed by atoms with Crippen LogP contribution in [0.4, 0.5) is 0 Å². The van der Waals surface area contributed by atoms with Crippen LogP contribution in [-0.4, -0.2) is 32.6 Å². The predicted octanol–water partition coefficient (Wildman–Crippen LogP) is 3.30. The van der Waals surface area contributed by atoms with E-state index in [9.17, 15) is 4.79 Å². The van der Waals surface area contributed by atoms with E-state index in [1.807, 2.05) is 47.4 Å². The van der Waals surface area contributed by atoms with E-state index in [0.29, 0.717) is 13.0 Å². The molecule has 1 atom stereocenters. The Kier molecular flexibility index (Phi) is 5.13. The fraction of sp³-hybridized carbons (Fsp3) is 0.409. The first kappa shape index (κ1) is 19.2. The van der Waals surface area contributed by atoms with Crippen LogP contribution in [-0.2, 0) is 17.8 Å². The first-order chi connectivity index (χ1) is 13.9. The van der Waals surface area contributed by atoms with Crippen molar-refractivity contribution in [3.63, 3.8) is 0 Å². The Balaban J connectivity index is 1.54. The summed E-state index contributed by atoms with van der Waals surface area (Å²) in [6, 6.07) is 9.71. The third-order valence-corrected chi connectivity index (χ3v) is 5.46. The van der Waals surface area contributed by atoms with Crippen LogP contribution in [0.3, 0.4) is 0 Å². The number of fused-ring (bicyclic) bond motifs is 1. The van der Waals surface area contributed by atoms with Crippen LogP contribution in [0.1, 0.15) is 44.0 Å². The number of rotatable bonds is 6. The molecule has 1 N–H and O–H groups in total. The van der Waals surface area contributed by atoms with Gasteiger partial charge in [-0.2, -0.15) is 10.2 Å². The minimum Gasteiger partial charge on any atom is -0.497 e. The summed E-state index contributed by atoms with van der Waals surface area (Å²) >= 11 is 0. The van der Waals surface area contributed by atoms with Crippen LogP contribution in [0.25, 0.3) is 5.69 Å². The van der Waals surface area contributed by atoms with Gasteiger partial charge in [-0.1, -0.05) is 13.8 Å². The van der Waals surface area contributed by atoms with Crippen molar-refractivity contribution in [1.82, 2.24) is 24.9 Å². The maximum atomic E-state index is 12.6. The van der Waals surface area contributed by atoms with Gasteiger partial charge in [-0.3, -0.25) is 9.48 Å². The Hall–Kier alpha value is -3.09. The van der Waals surface area contributed by atoms with Gasteiger partial charge in [0.1, 0.15) is 5.75 Å². The smallest absolute Gasteiger partial charge is 0.222 e. The number of hydrogen-bond acceptors (Lipinski definition) is 4. The van der Waals surface area contributed by atoms with Gasteiger partial charge in [-0.15, -0.1) is 0 Å². The number of carbonyl (C=O) groups excluding carboxylic acids is 1. The summed E-state index contributed by atoms with van der Waals surface area (Å²) in [6.07, 6.45) is 7.69. The Bertz CT molecular complexity index is 973. The topological polar surface area (TPSA) is 74.0 Å². The van der Waals surface area contributed by atoms with E-state index in [-0.39, 0.29) is 17.4 Å². The fourth-order valence-electron chi connectivity index (χ4n) is 4.03. The van der Waals surface area contributed by atoms with Gasteiger partial charge < -0.3 is 10.1 Å². The zero-order valence-electron chi connectivity index (χ0n) is 17.1. The molecule has 0 radical (unpaired) electrons. The Labute approximate surface area is 170 Å². The quantitative estimate of drug-likeness (QED) is 0.697. The lowest BCUT2D eigenvalue weighted by Crippen LogP contribution is -2.37. The van der Waals surface area contributed by atoms with E-state index in [2.05, 4.69) is 29.4 Å². The number of methoxy groups -OCH3 is 1. The van der Waals surface area contributed by atoms with Crippen LogP contribution in [0.5, 0.6) is 5.75 Å². The Morgan fingerprint density at radius 2 is 2.07 bits per heavy atom. The van der Waals surface area contributed by atoms with Gasteiger partial charge in [0.2, 0.25) is 5.91 Å². The molecule has 0 saturated heterocycles. The standard InChI is InChI=1S/C22H27N5O2/c1-22(2)13-19(25-21(28)9-12-26-11-4-10-23-26)18-15-24-27(20(18)14-22)16-5-7-17(29-3)8-6-16/h4-8,10-11,15,19H,9,12-14H2,1-3H3,(H,25,28). The molecular formula is C22H27N5O2. The molecule has 1 unspecified atom stereocenters. The van der Waals surface area contributed by atoms with E-state index < -0.39 is 0 Å². The minimum atomic E-state index is -0.0362. The number of aromatic nitrogens is 4. The number of carbonyl (C=O) groups is 1. The van der Waals surface area contributed by atoms with Crippen molar-refractivity contribution in [3.8, 4) is 11.4 Å². The molecule has 3 aromatic rings. The molecule has 0 spiro atoms. The number of nitrogens with one attached hydrogen (secondary N) is 1. The van der Waals surface area contributed by atoms with E-state index in [0.717, 1.165) is 35.5 Å². The molecule has 4 rings (SSSR count). The van der Waals surface area contributed by atoms with Gasteiger partial charge >= 0.3 is 0 Å². The summed E-state index contributed by atoms with van der Waals surface area (Å²) in [5.74, 6) is 0.851. The molecular weight excluding hydrogens is 366 g/mol. The van der Waals surface area contributed by atoms with E-state index >= 15 is 0 Å². The van der Waals surface area contributed by atoms with Crippen molar-refractivity contribution >= 4 is 5.91 Å². The average molecular weight is 393 g/mol. The third-order valence-electron chi connectivity index (χ3n) is 5.46. The van der Waals surface area contributed by atoms with Crippen LogP contribution >= 0.6 is 0 Å². The van der Waals surface area contributed by atoms with Crippen molar-refractivity contribution in [3.05, 3.63) is 60.2 Å². The first-order valence-electron chi connectivity index (χ1n) is 9.93. The Morgan fingerprint density at radius 1 is 1.28 bits per heavy atom. The number of aryl methyl sites for hydroxylation is 1. The maximum absolute atomic E-state index is 12.6. The highest BCUT2D eigenvalue weighted by Gasteiger charge is 2.35. The van der Waals surface area contributed by atoms with Crippen LogP contribution in [0, 0.1) is 5.41 Å². The molecule has 0 fully saturated rings. The largest absolute Gasteiger partial charge is 0.497 e. The molecule has 0 bridgehead atoms. The second-order valence-corrected chi connectivity index (χ2v) is 8.34. The third kappa shape index (κ3) is 4.18. The highest BCUT2D eigenvalue weighted by molar-refractivity contribution is 5.76. The van der Waals surface area contributed by atoms with Crippen LogP contribution in [0.15, 0.2) is 48.9 Å². The molecule has 152 valence electrons. The van der Waals surface area contributed by atoms with E-state index in [1.165, 1.54) is 0 Å².